The number of hydrogen-bond donors (Lipinski definition) is 1. The first-order chi connectivity index (χ1) is 11.6. The maximum Gasteiger partial charge on any atom is 0.228 e. The summed E-state index contributed by atoms with van der Waals surface area (Å²) in [6.07, 6.45) is 3.98. The summed E-state index contributed by atoms with van der Waals surface area (Å²) < 4.78 is 26.7. The number of carbonyl (C=O) groups excluding carboxylic acids is 1. The van der Waals surface area contributed by atoms with Crippen LogP contribution < -0.4 is 5.32 Å². The zero-order valence-electron chi connectivity index (χ0n) is 13.1. The van der Waals surface area contributed by atoms with Crippen LogP contribution in [0.4, 0.5) is 10.2 Å². The molecule has 126 valence electrons. The van der Waals surface area contributed by atoms with E-state index >= 15 is 0 Å². The highest BCUT2D eigenvalue weighted by Crippen LogP contribution is 2.33. The molecule has 0 saturated heterocycles. The Morgan fingerprint density at radius 3 is 2.62 bits per heavy atom. The number of benzene rings is 1. The third-order valence-electron chi connectivity index (χ3n) is 4.71. The Labute approximate surface area is 141 Å². The summed E-state index contributed by atoms with van der Waals surface area (Å²) in [5.41, 5.74) is 2.27. The first-order valence-corrected chi connectivity index (χ1v) is 9.63. The Hall–Kier alpha value is -2.02. The zero-order valence-corrected chi connectivity index (χ0v) is 13.9. The van der Waals surface area contributed by atoms with E-state index in [4.69, 9.17) is 0 Å². The summed E-state index contributed by atoms with van der Waals surface area (Å²) in [7, 11) is -0.971. The van der Waals surface area contributed by atoms with Crippen molar-refractivity contribution >= 4 is 22.5 Å². The van der Waals surface area contributed by atoms with Gasteiger partial charge in [-0.2, -0.15) is 5.10 Å². The summed E-state index contributed by atoms with van der Waals surface area (Å²) in [5.74, 6) is 1.09. The Morgan fingerprint density at radius 2 is 1.92 bits per heavy atom. The molecule has 1 aromatic heterocycles. The summed E-state index contributed by atoms with van der Waals surface area (Å²) >= 11 is 0. The highest BCUT2D eigenvalue weighted by atomic mass is 32.2. The molecule has 1 aliphatic heterocycles. The van der Waals surface area contributed by atoms with E-state index in [2.05, 4.69) is 10.4 Å². The van der Waals surface area contributed by atoms with Crippen molar-refractivity contribution in [1.82, 2.24) is 9.78 Å². The molecule has 2 aromatic rings. The Balaban J connectivity index is 1.71. The predicted octanol–water partition coefficient (Wildman–Crippen LogP) is 2.90. The van der Waals surface area contributed by atoms with Crippen molar-refractivity contribution in [3.05, 3.63) is 41.3 Å². The molecule has 2 heterocycles. The van der Waals surface area contributed by atoms with Crippen LogP contribution in [0.2, 0.25) is 0 Å². The fraction of sp³-hybridized carbons (Fsp3) is 0.412. The monoisotopic (exact) mass is 347 g/mol. The molecule has 1 atom stereocenters. The molecule has 7 heteroatoms. The number of carbonyl (C=O) groups is 1. The molecule has 5 nitrogen and oxygen atoms in total. The molecule has 1 amide bonds. The van der Waals surface area contributed by atoms with Crippen LogP contribution in [0.5, 0.6) is 0 Å². The van der Waals surface area contributed by atoms with Gasteiger partial charge in [0.15, 0.2) is 0 Å². The van der Waals surface area contributed by atoms with Crippen LogP contribution in [-0.2, 0) is 27.1 Å². The van der Waals surface area contributed by atoms with Crippen LogP contribution in [-0.4, -0.2) is 19.9 Å². The number of hydrogen-bond acceptors (Lipinski definition) is 3. The molecule has 1 saturated carbocycles. The number of nitrogens with zero attached hydrogens (tertiary/aromatic N) is 2. The molecule has 1 aromatic carbocycles. The van der Waals surface area contributed by atoms with Crippen molar-refractivity contribution in [2.75, 3.05) is 5.32 Å². The molecule has 1 aliphatic carbocycles. The SMILES string of the molecule is O=C(Nc1c2c(nn1-c1ccc(F)cc1)CS(=O)C2)C1CCCC1. The molecular weight excluding hydrogens is 329 g/mol. The largest absolute Gasteiger partial charge is 0.310 e. The lowest BCUT2D eigenvalue weighted by molar-refractivity contribution is -0.119. The van der Waals surface area contributed by atoms with Crippen LogP contribution in [0.1, 0.15) is 36.9 Å². The molecule has 1 N–H and O–H groups in total. The molecule has 0 bridgehead atoms. The number of rotatable bonds is 3. The summed E-state index contributed by atoms with van der Waals surface area (Å²) in [6, 6.07) is 5.98. The quantitative estimate of drug-likeness (QED) is 0.928. The number of fused-ring (bicyclic) bond motifs is 1. The van der Waals surface area contributed by atoms with Crippen LogP contribution in [0.25, 0.3) is 5.69 Å². The number of anilines is 1. The van der Waals surface area contributed by atoms with Crippen LogP contribution in [0.15, 0.2) is 24.3 Å². The van der Waals surface area contributed by atoms with E-state index in [0.717, 1.165) is 36.9 Å². The lowest BCUT2D eigenvalue weighted by Gasteiger charge is -2.14. The lowest BCUT2D eigenvalue weighted by Crippen LogP contribution is -2.22. The van der Waals surface area contributed by atoms with E-state index in [9.17, 15) is 13.4 Å². The van der Waals surface area contributed by atoms with Gasteiger partial charge in [-0.3, -0.25) is 9.00 Å². The molecule has 1 fully saturated rings. The van der Waals surface area contributed by atoms with Gasteiger partial charge in [0.2, 0.25) is 5.91 Å². The normalized spacial score (nSPS) is 20.3. The molecule has 0 spiro atoms. The molecule has 24 heavy (non-hydrogen) atoms. The van der Waals surface area contributed by atoms with Crippen molar-refractivity contribution in [2.24, 2.45) is 5.92 Å². The standard InChI is InChI=1S/C17H18FN3O2S/c18-12-5-7-13(8-6-12)21-16(14-9-24(23)10-15(14)20-21)19-17(22)11-3-1-2-4-11/h5-8,11H,1-4,9-10H2,(H,19,22). The second kappa shape index (κ2) is 6.12. The number of aromatic nitrogens is 2. The topological polar surface area (TPSA) is 64.0 Å². The van der Waals surface area contributed by atoms with Crippen molar-refractivity contribution in [3.63, 3.8) is 0 Å². The third-order valence-corrected chi connectivity index (χ3v) is 5.91. The maximum absolute atomic E-state index is 13.2. The van der Waals surface area contributed by atoms with E-state index < -0.39 is 10.8 Å². The van der Waals surface area contributed by atoms with Gasteiger partial charge in [-0.1, -0.05) is 12.8 Å². The van der Waals surface area contributed by atoms with E-state index in [-0.39, 0.29) is 17.6 Å². The van der Waals surface area contributed by atoms with E-state index in [1.807, 2.05) is 0 Å². The minimum Gasteiger partial charge on any atom is -0.310 e. The van der Waals surface area contributed by atoms with Crippen LogP contribution >= 0.6 is 0 Å². The second-order valence-electron chi connectivity index (χ2n) is 6.36. The number of amides is 1. The van der Waals surface area contributed by atoms with Gasteiger partial charge in [0.05, 0.1) is 22.9 Å². The average molecular weight is 347 g/mol. The smallest absolute Gasteiger partial charge is 0.228 e. The summed E-state index contributed by atoms with van der Waals surface area (Å²) in [4.78, 5) is 12.5. The van der Waals surface area contributed by atoms with E-state index in [0.29, 0.717) is 23.0 Å². The zero-order chi connectivity index (χ0) is 16.7. The Kier molecular flexibility index (Phi) is 3.96. The Morgan fingerprint density at radius 1 is 1.21 bits per heavy atom. The van der Waals surface area contributed by atoms with Gasteiger partial charge in [-0.05, 0) is 37.1 Å². The fourth-order valence-electron chi connectivity index (χ4n) is 3.43. The Bertz CT molecular complexity index is 810. The molecule has 0 radical (unpaired) electrons. The van der Waals surface area contributed by atoms with Crippen LogP contribution in [0, 0.1) is 11.7 Å². The highest BCUT2D eigenvalue weighted by molar-refractivity contribution is 7.83. The molecule has 2 aliphatic rings. The second-order valence-corrected chi connectivity index (χ2v) is 7.82. The van der Waals surface area contributed by atoms with Gasteiger partial charge < -0.3 is 5.32 Å². The lowest BCUT2D eigenvalue weighted by atomic mass is 10.1. The van der Waals surface area contributed by atoms with Gasteiger partial charge in [-0.15, -0.1) is 0 Å². The van der Waals surface area contributed by atoms with Gasteiger partial charge in [0.25, 0.3) is 0 Å². The summed E-state index contributed by atoms with van der Waals surface area (Å²) in [6.45, 7) is 0. The average Bonchev–Trinajstić information content (AvgIpc) is 3.26. The first-order valence-electron chi connectivity index (χ1n) is 8.14. The van der Waals surface area contributed by atoms with Crippen molar-refractivity contribution < 1.29 is 13.4 Å². The summed E-state index contributed by atoms with van der Waals surface area (Å²) in [5, 5.41) is 7.51. The van der Waals surface area contributed by atoms with Crippen LogP contribution in [0.3, 0.4) is 0 Å². The third kappa shape index (κ3) is 2.77. The minimum atomic E-state index is -0.971. The predicted molar refractivity (Wildman–Crippen MR) is 89.7 cm³/mol. The number of nitrogens with one attached hydrogen (secondary N) is 1. The van der Waals surface area contributed by atoms with Gasteiger partial charge in [0, 0.05) is 22.3 Å². The number of halogens is 1. The molecular formula is C17H18FN3O2S. The van der Waals surface area contributed by atoms with Crippen molar-refractivity contribution in [1.29, 1.82) is 0 Å². The fourth-order valence-corrected chi connectivity index (χ4v) is 4.70. The first kappa shape index (κ1) is 15.5. The van der Waals surface area contributed by atoms with E-state index in [1.54, 1.807) is 16.8 Å². The molecule has 1 unspecified atom stereocenters. The highest BCUT2D eigenvalue weighted by Gasteiger charge is 2.30. The minimum absolute atomic E-state index is 0.00348. The molecule has 4 rings (SSSR count). The van der Waals surface area contributed by atoms with Crippen molar-refractivity contribution in [3.8, 4) is 5.69 Å². The maximum atomic E-state index is 13.2. The van der Waals surface area contributed by atoms with Gasteiger partial charge in [-0.25, -0.2) is 9.07 Å². The van der Waals surface area contributed by atoms with Gasteiger partial charge in [0.1, 0.15) is 11.6 Å². The van der Waals surface area contributed by atoms with Crippen molar-refractivity contribution in [2.45, 2.75) is 37.2 Å². The van der Waals surface area contributed by atoms with Gasteiger partial charge >= 0.3 is 0 Å². The van der Waals surface area contributed by atoms with E-state index in [1.165, 1.54) is 12.1 Å².